The molecule has 1 aliphatic heterocycles. The van der Waals surface area contributed by atoms with Gasteiger partial charge in [0.15, 0.2) is 0 Å². The van der Waals surface area contributed by atoms with E-state index in [-0.39, 0.29) is 36.8 Å². The number of amides is 2. The Kier molecular flexibility index (Phi) is 7.75. The maximum absolute atomic E-state index is 12.3. The van der Waals surface area contributed by atoms with Gasteiger partial charge in [-0.1, -0.05) is 0 Å². The van der Waals surface area contributed by atoms with Crippen molar-refractivity contribution < 1.29 is 9.59 Å². The van der Waals surface area contributed by atoms with Crippen molar-refractivity contribution in [3.8, 4) is 0 Å². The normalized spacial score (nSPS) is 17.7. The molecule has 1 fully saturated rings. The maximum Gasteiger partial charge on any atom is 0.244 e. The largest absolute Gasteiger partial charge is 0.354 e. The highest BCUT2D eigenvalue weighted by molar-refractivity contribution is 5.85. The van der Waals surface area contributed by atoms with Gasteiger partial charge in [-0.2, -0.15) is 0 Å². The number of halogens is 1. The molecule has 1 atom stereocenters. The average molecular weight is 332 g/mol. The van der Waals surface area contributed by atoms with Gasteiger partial charge in [0.2, 0.25) is 11.8 Å². The van der Waals surface area contributed by atoms with Gasteiger partial charge in [0.25, 0.3) is 0 Å². The van der Waals surface area contributed by atoms with Crippen LogP contribution in [-0.4, -0.2) is 62.6 Å². The van der Waals surface area contributed by atoms with Crippen molar-refractivity contribution in [1.82, 2.24) is 30.4 Å². The Morgan fingerprint density at radius 3 is 2.86 bits per heavy atom. The molecule has 0 bridgehead atoms. The first-order chi connectivity index (χ1) is 10.2. The molecule has 0 aromatic carbocycles. The number of carbonyl (C=O) groups is 2. The number of hydrogen-bond acceptors (Lipinski definition) is 6. The molecule has 1 unspecified atom stereocenters. The fourth-order valence-electron chi connectivity index (χ4n) is 2.47. The van der Waals surface area contributed by atoms with E-state index in [4.69, 9.17) is 5.73 Å². The highest BCUT2D eigenvalue weighted by Crippen LogP contribution is 2.17. The van der Waals surface area contributed by atoms with Crippen LogP contribution in [0.15, 0.2) is 6.33 Å². The van der Waals surface area contributed by atoms with Crippen LogP contribution in [0.25, 0.3) is 0 Å². The van der Waals surface area contributed by atoms with E-state index in [9.17, 15) is 9.59 Å². The minimum Gasteiger partial charge on any atom is -0.354 e. The van der Waals surface area contributed by atoms with Crippen molar-refractivity contribution in [3.63, 3.8) is 0 Å². The molecule has 124 valence electrons. The van der Waals surface area contributed by atoms with E-state index in [1.807, 2.05) is 4.90 Å². The zero-order valence-electron chi connectivity index (χ0n) is 12.3. The second-order valence-corrected chi connectivity index (χ2v) is 5.09. The first-order valence-electron chi connectivity index (χ1n) is 7.17. The van der Waals surface area contributed by atoms with Crippen LogP contribution in [0.2, 0.25) is 0 Å². The van der Waals surface area contributed by atoms with Gasteiger partial charge in [0.1, 0.15) is 12.9 Å². The zero-order chi connectivity index (χ0) is 15.1. The van der Waals surface area contributed by atoms with E-state index in [1.54, 1.807) is 0 Å². The third-order valence-electron chi connectivity index (χ3n) is 3.54. The molecule has 10 heteroatoms. The zero-order valence-corrected chi connectivity index (χ0v) is 13.2. The minimum absolute atomic E-state index is 0. The predicted molar refractivity (Wildman–Crippen MR) is 81.1 cm³/mol. The van der Waals surface area contributed by atoms with Gasteiger partial charge in [-0.15, -0.1) is 17.5 Å². The van der Waals surface area contributed by atoms with Crippen LogP contribution in [0, 0.1) is 0 Å². The number of tetrazole rings is 1. The van der Waals surface area contributed by atoms with E-state index in [0.717, 1.165) is 19.3 Å². The fraction of sp³-hybridized carbons (Fsp3) is 0.750. The Hall–Kier alpha value is -1.74. The van der Waals surface area contributed by atoms with Crippen LogP contribution < -0.4 is 11.1 Å². The van der Waals surface area contributed by atoms with Crippen molar-refractivity contribution in [2.24, 2.45) is 5.73 Å². The molecule has 3 N–H and O–H groups in total. The quantitative estimate of drug-likeness (QED) is 0.686. The highest BCUT2D eigenvalue weighted by Gasteiger charge is 2.27. The Balaban J connectivity index is 0.00000242. The molecule has 2 rings (SSSR count). The number of nitrogens with one attached hydrogen (secondary N) is 1. The van der Waals surface area contributed by atoms with Gasteiger partial charge in [-0.25, -0.2) is 4.68 Å². The molecule has 2 heterocycles. The lowest BCUT2D eigenvalue weighted by molar-refractivity contribution is -0.136. The van der Waals surface area contributed by atoms with Crippen molar-refractivity contribution in [2.75, 3.05) is 19.6 Å². The fourth-order valence-corrected chi connectivity index (χ4v) is 2.47. The number of rotatable bonds is 6. The second-order valence-electron chi connectivity index (χ2n) is 5.09. The molecule has 9 nitrogen and oxygen atoms in total. The summed E-state index contributed by atoms with van der Waals surface area (Å²) >= 11 is 0. The summed E-state index contributed by atoms with van der Waals surface area (Å²) in [5, 5.41) is 13.6. The first kappa shape index (κ1) is 18.3. The number of carbonyl (C=O) groups excluding carboxylic acids is 2. The lowest BCUT2D eigenvalue weighted by atomic mass is 10.0. The Labute approximate surface area is 135 Å². The van der Waals surface area contributed by atoms with Crippen LogP contribution in [0.3, 0.4) is 0 Å². The number of nitrogens with two attached hydrogens (primary N) is 1. The van der Waals surface area contributed by atoms with Gasteiger partial charge in [-0.3, -0.25) is 9.59 Å². The summed E-state index contributed by atoms with van der Waals surface area (Å²) in [5.74, 6) is -0.101. The van der Waals surface area contributed by atoms with Gasteiger partial charge < -0.3 is 16.0 Å². The van der Waals surface area contributed by atoms with Crippen molar-refractivity contribution in [2.45, 2.75) is 38.3 Å². The highest BCUT2D eigenvalue weighted by atomic mass is 35.5. The molecular weight excluding hydrogens is 310 g/mol. The van der Waals surface area contributed by atoms with Crippen LogP contribution in [0.1, 0.15) is 25.7 Å². The number of likely N-dealkylation sites (tertiary alicyclic amines) is 1. The standard InChI is InChI=1S/C12H21N7O2.ClH/c13-5-4-11(20)14-7-10-3-1-2-6-19(10)12(21)8-18-9-15-16-17-18;/h9-10H,1-8,13H2,(H,14,20);1H. The van der Waals surface area contributed by atoms with Crippen LogP contribution in [-0.2, 0) is 16.1 Å². The average Bonchev–Trinajstić information content (AvgIpc) is 2.98. The van der Waals surface area contributed by atoms with Crippen LogP contribution >= 0.6 is 12.4 Å². The molecule has 1 aromatic rings. The smallest absolute Gasteiger partial charge is 0.244 e. The SMILES string of the molecule is Cl.NCCC(=O)NCC1CCCCN1C(=O)Cn1cnnn1. The van der Waals surface area contributed by atoms with Crippen molar-refractivity contribution in [1.29, 1.82) is 0 Å². The van der Waals surface area contributed by atoms with E-state index < -0.39 is 0 Å². The Morgan fingerprint density at radius 2 is 2.18 bits per heavy atom. The lowest BCUT2D eigenvalue weighted by Gasteiger charge is -2.35. The number of aromatic nitrogens is 4. The molecular formula is C12H22ClN7O2. The monoisotopic (exact) mass is 331 g/mol. The van der Waals surface area contributed by atoms with Crippen molar-refractivity contribution >= 4 is 24.2 Å². The molecule has 0 saturated carbocycles. The first-order valence-corrected chi connectivity index (χ1v) is 7.17. The minimum atomic E-state index is -0.0732. The molecule has 0 radical (unpaired) electrons. The Morgan fingerprint density at radius 1 is 1.36 bits per heavy atom. The van der Waals surface area contributed by atoms with E-state index >= 15 is 0 Å². The topological polar surface area (TPSA) is 119 Å². The molecule has 0 aliphatic carbocycles. The summed E-state index contributed by atoms with van der Waals surface area (Å²) in [4.78, 5) is 25.6. The Bertz CT molecular complexity index is 468. The van der Waals surface area contributed by atoms with E-state index in [2.05, 4.69) is 20.8 Å². The summed E-state index contributed by atoms with van der Waals surface area (Å²) in [6.45, 7) is 1.64. The van der Waals surface area contributed by atoms with Gasteiger partial charge in [0.05, 0.1) is 0 Å². The summed E-state index contributed by atoms with van der Waals surface area (Å²) in [6, 6.07) is 0.0319. The number of nitrogens with zero attached hydrogens (tertiary/aromatic N) is 5. The van der Waals surface area contributed by atoms with Crippen LogP contribution in [0.5, 0.6) is 0 Å². The van der Waals surface area contributed by atoms with Crippen molar-refractivity contribution in [3.05, 3.63) is 6.33 Å². The summed E-state index contributed by atoms with van der Waals surface area (Å²) in [5.41, 5.74) is 5.34. The predicted octanol–water partition coefficient (Wildman–Crippen LogP) is -1.06. The van der Waals surface area contributed by atoms with E-state index in [1.165, 1.54) is 11.0 Å². The van der Waals surface area contributed by atoms with Crippen LogP contribution in [0.4, 0.5) is 0 Å². The molecule has 1 aromatic heterocycles. The van der Waals surface area contributed by atoms with Gasteiger partial charge in [-0.05, 0) is 29.7 Å². The van der Waals surface area contributed by atoms with Gasteiger partial charge in [0, 0.05) is 32.1 Å². The molecule has 2 amide bonds. The lowest BCUT2D eigenvalue weighted by Crippen LogP contribution is -2.50. The third kappa shape index (κ3) is 5.23. The summed E-state index contributed by atoms with van der Waals surface area (Å²) in [7, 11) is 0. The molecule has 1 aliphatic rings. The van der Waals surface area contributed by atoms with E-state index in [0.29, 0.717) is 26.1 Å². The summed E-state index contributed by atoms with van der Waals surface area (Å²) < 4.78 is 1.40. The maximum atomic E-state index is 12.3. The number of hydrogen-bond donors (Lipinski definition) is 2. The second kappa shape index (κ2) is 9.31. The number of piperidine rings is 1. The molecule has 1 saturated heterocycles. The molecule has 22 heavy (non-hydrogen) atoms. The van der Waals surface area contributed by atoms with Gasteiger partial charge >= 0.3 is 0 Å². The third-order valence-corrected chi connectivity index (χ3v) is 3.54. The molecule has 0 spiro atoms. The summed E-state index contributed by atoms with van der Waals surface area (Å²) in [6.07, 6.45) is 4.66.